The first-order chi connectivity index (χ1) is 14.3. The molecule has 2 aromatic carbocycles. The monoisotopic (exact) mass is 448 g/mol. The van der Waals surface area contributed by atoms with Crippen molar-refractivity contribution in [3.8, 4) is 0 Å². The van der Waals surface area contributed by atoms with Crippen LogP contribution in [0.3, 0.4) is 0 Å². The summed E-state index contributed by atoms with van der Waals surface area (Å²) in [4.78, 5) is 12.7. The summed E-state index contributed by atoms with van der Waals surface area (Å²) in [6.07, 6.45) is 3.15. The minimum atomic E-state index is -3.48. The molecule has 0 aromatic heterocycles. The molecule has 0 radical (unpaired) electrons. The zero-order chi connectivity index (χ0) is 21.6. The molecule has 0 unspecified atom stereocenters. The van der Waals surface area contributed by atoms with E-state index in [-0.39, 0.29) is 30.2 Å². The van der Waals surface area contributed by atoms with Crippen molar-refractivity contribution in [2.75, 3.05) is 13.1 Å². The number of benzene rings is 2. The Morgan fingerprint density at radius 3 is 2.53 bits per heavy atom. The molecule has 1 saturated heterocycles. The number of hydrogen-bond acceptors (Lipinski definition) is 3. The van der Waals surface area contributed by atoms with Crippen LogP contribution < -0.4 is 5.32 Å². The van der Waals surface area contributed by atoms with E-state index in [9.17, 15) is 13.2 Å². The molecule has 1 fully saturated rings. The maximum absolute atomic E-state index is 12.9. The Balaban J connectivity index is 1.52. The quantitative estimate of drug-likeness (QED) is 0.663. The van der Waals surface area contributed by atoms with Gasteiger partial charge in [0.15, 0.2) is 0 Å². The highest BCUT2D eigenvalue weighted by Gasteiger charge is 2.32. The van der Waals surface area contributed by atoms with Crippen molar-refractivity contribution in [2.45, 2.75) is 44.4 Å². The number of amides is 1. The average molecular weight is 449 g/mol. The van der Waals surface area contributed by atoms with Gasteiger partial charge in [-0.05, 0) is 55.9 Å². The molecule has 30 heavy (non-hydrogen) atoms. The van der Waals surface area contributed by atoms with Crippen molar-refractivity contribution < 1.29 is 13.2 Å². The summed E-state index contributed by atoms with van der Waals surface area (Å²) >= 11 is 5.88. The van der Waals surface area contributed by atoms with E-state index < -0.39 is 10.0 Å². The van der Waals surface area contributed by atoms with E-state index >= 15 is 0 Å². The summed E-state index contributed by atoms with van der Waals surface area (Å²) in [5.41, 5.74) is 1.94. The van der Waals surface area contributed by atoms with E-state index in [4.69, 9.17) is 11.6 Å². The van der Waals surface area contributed by atoms with Gasteiger partial charge in [0.25, 0.3) is 0 Å². The van der Waals surface area contributed by atoms with Gasteiger partial charge in [-0.1, -0.05) is 54.1 Å². The van der Waals surface area contributed by atoms with Crippen LogP contribution in [-0.2, 0) is 27.0 Å². The van der Waals surface area contributed by atoms with Gasteiger partial charge in [0, 0.05) is 24.2 Å². The fourth-order valence-electron chi connectivity index (χ4n) is 3.75. The minimum absolute atomic E-state index is 0.0405. The summed E-state index contributed by atoms with van der Waals surface area (Å²) in [6.45, 7) is 2.70. The molecule has 0 spiro atoms. The third-order valence-corrected chi connectivity index (χ3v) is 7.58. The molecule has 0 bridgehead atoms. The van der Waals surface area contributed by atoms with Crippen molar-refractivity contribution in [1.29, 1.82) is 0 Å². The standard InChI is InChI=1S/C23H29ClN2O3S/c1-18(9-10-19-6-3-2-4-7-19)25-23(27)21-8-5-15-26(16-21)30(28,29)17-20-11-13-22(24)14-12-20/h2-4,6-7,11-14,18,21H,5,8-10,15-17H2,1H3,(H,25,27)/t18-,21+/m0/s1. The van der Waals surface area contributed by atoms with Crippen molar-refractivity contribution in [3.63, 3.8) is 0 Å². The lowest BCUT2D eigenvalue weighted by atomic mass is 9.98. The van der Waals surface area contributed by atoms with Crippen molar-refractivity contribution in [2.24, 2.45) is 5.92 Å². The molecular formula is C23H29ClN2O3S. The van der Waals surface area contributed by atoms with E-state index in [1.165, 1.54) is 9.87 Å². The van der Waals surface area contributed by atoms with E-state index in [0.29, 0.717) is 30.0 Å². The molecule has 7 heteroatoms. The molecule has 1 amide bonds. The molecule has 5 nitrogen and oxygen atoms in total. The van der Waals surface area contributed by atoms with Crippen LogP contribution in [-0.4, -0.2) is 37.8 Å². The number of nitrogens with zero attached hydrogens (tertiary/aromatic N) is 1. The fourth-order valence-corrected chi connectivity index (χ4v) is 5.49. The van der Waals surface area contributed by atoms with Gasteiger partial charge in [-0.25, -0.2) is 12.7 Å². The number of carbonyl (C=O) groups is 1. The Kier molecular flexibility index (Phi) is 7.92. The zero-order valence-corrected chi connectivity index (χ0v) is 18.8. The molecule has 0 aliphatic carbocycles. The number of sulfonamides is 1. The SMILES string of the molecule is C[C@@H](CCc1ccccc1)NC(=O)[C@@H]1CCCN(S(=O)(=O)Cc2ccc(Cl)cc2)C1. The Morgan fingerprint density at radius 2 is 1.83 bits per heavy atom. The largest absolute Gasteiger partial charge is 0.353 e. The van der Waals surface area contributed by atoms with E-state index in [2.05, 4.69) is 17.4 Å². The topological polar surface area (TPSA) is 66.5 Å². The molecule has 162 valence electrons. The third-order valence-electron chi connectivity index (χ3n) is 5.51. The average Bonchev–Trinajstić information content (AvgIpc) is 2.74. The molecule has 1 aliphatic heterocycles. The van der Waals surface area contributed by atoms with Gasteiger partial charge in [0.2, 0.25) is 15.9 Å². The van der Waals surface area contributed by atoms with E-state index in [1.54, 1.807) is 24.3 Å². The van der Waals surface area contributed by atoms with Crippen LogP contribution in [0.4, 0.5) is 0 Å². The second kappa shape index (κ2) is 10.4. The highest BCUT2D eigenvalue weighted by Crippen LogP contribution is 2.22. The van der Waals surface area contributed by atoms with E-state index in [0.717, 1.165) is 12.8 Å². The normalized spacial score (nSPS) is 18.7. The van der Waals surface area contributed by atoms with Gasteiger partial charge in [-0.15, -0.1) is 0 Å². The van der Waals surface area contributed by atoms with Gasteiger partial charge in [0.05, 0.1) is 11.7 Å². The molecule has 2 aromatic rings. The molecule has 0 saturated carbocycles. The summed E-state index contributed by atoms with van der Waals surface area (Å²) in [5.74, 6) is -0.439. The summed E-state index contributed by atoms with van der Waals surface area (Å²) < 4.78 is 27.2. The second-order valence-electron chi connectivity index (χ2n) is 8.01. The molecule has 2 atom stereocenters. The molecular weight excluding hydrogens is 420 g/mol. The number of halogens is 1. The van der Waals surface area contributed by atoms with Crippen LogP contribution >= 0.6 is 11.6 Å². The Labute approximate surface area is 184 Å². The number of carbonyl (C=O) groups excluding carboxylic acids is 1. The van der Waals surface area contributed by atoms with Gasteiger partial charge < -0.3 is 5.32 Å². The van der Waals surface area contributed by atoms with Crippen molar-refractivity contribution >= 4 is 27.5 Å². The Bertz CT molecular complexity index is 933. The summed E-state index contributed by atoms with van der Waals surface area (Å²) in [6, 6.07) is 17.1. The van der Waals surface area contributed by atoms with Crippen molar-refractivity contribution in [1.82, 2.24) is 9.62 Å². The zero-order valence-electron chi connectivity index (χ0n) is 17.3. The summed E-state index contributed by atoms with van der Waals surface area (Å²) in [5, 5.41) is 3.65. The van der Waals surface area contributed by atoms with Crippen LogP contribution in [0.25, 0.3) is 0 Å². The predicted molar refractivity (Wildman–Crippen MR) is 121 cm³/mol. The van der Waals surface area contributed by atoms with E-state index in [1.807, 2.05) is 25.1 Å². The Morgan fingerprint density at radius 1 is 1.13 bits per heavy atom. The lowest BCUT2D eigenvalue weighted by Crippen LogP contribution is -2.47. The van der Waals surface area contributed by atoms with Crippen LogP contribution in [0.2, 0.25) is 5.02 Å². The second-order valence-corrected chi connectivity index (χ2v) is 10.4. The maximum atomic E-state index is 12.9. The third kappa shape index (κ3) is 6.56. The first-order valence-corrected chi connectivity index (χ1v) is 12.4. The highest BCUT2D eigenvalue weighted by atomic mass is 35.5. The lowest BCUT2D eigenvalue weighted by molar-refractivity contribution is -0.126. The lowest BCUT2D eigenvalue weighted by Gasteiger charge is -2.32. The number of rotatable bonds is 8. The summed E-state index contributed by atoms with van der Waals surface area (Å²) in [7, 11) is -3.48. The number of piperidine rings is 1. The van der Waals surface area contributed by atoms with Gasteiger partial charge in [-0.3, -0.25) is 4.79 Å². The van der Waals surface area contributed by atoms with Gasteiger partial charge >= 0.3 is 0 Å². The number of aryl methyl sites for hydroxylation is 1. The van der Waals surface area contributed by atoms with Crippen LogP contribution in [0.15, 0.2) is 54.6 Å². The molecule has 1 N–H and O–H groups in total. The van der Waals surface area contributed by atoms with Crippen LogP contribution in [0, 0.1) is 5.92 Å². The first-order valence-electron chi connectivity index (χ1n) is 10.4. The molecule has 1 aliphatic rings. The molecule has 1 heterocycles. The minimum Gasteiger partial charge on any atom is -0.353 e. The van der Waals surface area contributed by atoms with Crippen molar-refractivity contribution in [3.05, 3.63) is 70.7 Å². The fraction of sp³-hybridized carbons (Fsp3) is 0.435. The number of nitrogens with one attached hydrogen (secondary N) is 1. The Hall–Kier alpha value is -1.89. The maximum Gasteiger partial charge on any atom is 0.224 e. The van der Waals surface area contributed by atoms with Gasteiger partial charge in [0.1, 0.15) is 0 Å². The highest BCUT2D eigenvalue weighted by molar-refractivity contribution is 7.88. The number of hydrogen-bond donors (Lipinski definition) is 1. The van der Waals surface area contributed by atoms with Crippen LogP contribution in [0.1, 0.15) is 37.3 Å². The molecule has 3 rings (SSSR count). The van der Waals surface area contributed by atoms with Gasteiger partial charge in [-0.2, -0.15) is 0 Å². The first kappa shape index (κ1) is 22.8. The predicted octanol–water partition coefficient (Wildman–Crippen LogP) is 4.02. The smallest absolute Gasteiger partial charge is 0.224 e. The van der Waals surface area contributed by atoms with Crippen LogP contribution in [0.5, 0.6) is 0 Å².